The molecule has 4 unspecified atom stereocenters. The van der Waals surface area contributed by atoms with Crippen molar-refractivity contribution in [3.05, 3.63) is 34.7 Å². The third-order valence-electron chi connectivity index (χ3n) is 12.8. The number of rotatable bonds is 9. The molecule has 6 heterocycles. The number of likely N-dealkylation sites (tertiary alicyclic amines) is 1. The molecule has 2 aliphatic carbocycles. The number of fused-ring (bicyclic) bond motifs is 5. The van der Waals surface area contributed by atoms with Crippen LogP contribution in [0.4, 0.5) is 4.79 Å². The van der Waals surface area contributed by atoms with Crippen LogP contribution in [0.3, 0.4) is 0 Å². The summed E-state index contributed by atoms with van der Waals surface area (Å²) in [6, 6.07) is -0.268. The number of aromatic nitrogens is 2. The molecule has 3 N–H and O–H groups in total. The number of nitrogens with zero attached hydrogens (tertiary/aromatic N) is 4. The second-order valence-electron chi connectivity index (χ2n) is 18.0. The van der Waals surface area contributed by atoms with E-state index in [4.69, 9.17) is 19.2 Å². The molecule has 6 aliphatic rings. The van der Waals surface area contributed by atoms with Gasteiger partial charge in [0.25, 0.3) is 0 Å². The quantitative estimate of drug-likeness (QED) is 0.173. The molecule has 2 aromatic heterocycles. The van der Waals surface area contributed by atoms with E-state index in [2.05, 4.69) is 61.5 Å². The Morgan fingerprint density at radius 3 is 2.62 bits per heavy atom. The number of piperidine rings is 1. The molecular formula is C42H57I2N7O8S. The SMILES string of the molecule is C=CI1CC1(NC(=O)[C@@H]1C[C@@H]2CN1C(=O)[C@H](C(C)(C)I)NC(=O)OC1CC1CCCCCc1c(nc3ccncc3c1OC1CCN(C)CC1)O2)C(=O)NS(=O)C1(C)CC1. The number of carbonyl (C=O) groups is 4. The first kappa shape index (κ1) is 43.8. The van der Waals surface area contributed by atoms with Crippen molar-refractivity contribution in [3.63, 3.8) is 0 Å². The van der Waals surface area contributed by atoms with Gasteiger partial charge in [0.15, 0.2) is 0 Å². The van der Waals surface area contributed by atoms with Gasteiger partial charge in [-0.15, -0.1) is 0 Å². The molecule has 5 fully saturated rings. The maximum absolute atomic E-state index is 14.9. The Balaban J connectivity index is 1.14. The second kappa shape index (κ2) is 17.4. The van der Waals surface area contributed by atoms with E-state index in [1.165, 1.54) is 4.90 Å². The molecule has 2 saturated carbocycles. The van der Waals surface area contributed by atoms with Crippen molar-refractivity contribution in [1.82, 2.24) is 35.1 Å². The van der Waals surface area contributed by atoms with Gasteiger partial charge in [0.1, 0.15) is 0 Å². The van der Waals surface area contributed by atoms with Gasteiger partial charge in [-0.2, -0.15) is 0 Å². The number of halogens is 2. The third-order valence-corrected chi connectivity index (χ3v) is 20.7. The van der Waals surface area contributed by atoms with Crippen LogP contribution in [0.25, 0.3) is 10.9 Å². The molecule has 2 bridgehead atoms. The number of carbonyl (C=O) groups excluding carboxylic acids is 4. The van der Waals surface area contributed by atoms with E-state index < -0.39 is 84.5 Å². The molecule has 4 amide bonds. The van der Waals surface area contributed by atoms with Gasteiger partial charge in [0.05, 0.1) is 0 Å². The van der Waals surface area contributed by atoms with Crippen molar-refractivity contribution in [1.29, 1.82) is 0 Å². The van der Waals surface area contributed by atoms with Crippen molar-refractivity contribution < 1.29 is 37.6 Å². The second-order valence-corrected chi connectivity index (χ2v) is 28.3. The zero-order valence-corrected chi connectivity index (χ0v) is 39.9. The summed E-state index contributed by atoms with van der Waals surface area (Å²) < 4.78 is 35.2. The van der Waals surface area contributed by atoms with E-state index in [0.717, 1.165) is 87.6 Å². The van der Waals surface area contributed by atoms with Crippen molar-refractivity contribution >= 4 is 88.1 Å². The van der Waals surface area contributed by atoms with Crippen LogP contribution in [0.1, 0.15) is 90.5 Å². The Hall–Kier alpha value is -2.85. The fourth-order valence-electron chi connectivity index (χ4n) is 8.50. The molecule has 0 radical (unpaired) electrons. The maximum atomic E-state index is 14.9. The predicted octanol–water partition coefficient (Wildman–Crippen LogP) is 5.07. The van der Waals surface area contributed by atoms with Crippen LogP contribution in [-0.2, 0) is 36.5 Å². The van der Waals surface area contributed by atoms with Gasteiger partial charge >= 0.3 is 322 Å². The number of hydrogen-bond donors (Lipinski definition) is 3. The van der Waals surface area contributed by atoms with E-state index >= 15 is 0 Å². The van der Waals surface area contributed by atoms with Gasteiger partial charge in [-0.05, 0) is 26.3 Å². The van der Waals surface area contributed by atoms with Crippen LogP contribution in [0.15, 0.2) is 29.1 Å². The number of pyridine rings is 2. The summed E-state index contributed by atoms with van der Waals surface area (Å²) in [5, 5.41) is 6.72. The molecule has 4 aliphatic heterocycles. The van der Waals surface area contributed by atoms with Gasteiger partial charge in [0, 0.05) is 13.1 Å². The van der Waals surface area contributed by atoms with Gasteiger partial charge in [0.2, 0.25) is 0 Å². The zero-order valence-electron chi connectivity index (χ0n) is 34.8. The Bertz CT molecular complexity index is 2060. The Kier molecular flexibility index (Phi) is 12.7. The van der Waals surface area contributed by atoms with Crippen LogP contribution < -0.4 is 24.8 Å². The first-order chi connectivity index (χ1) is 28.6. The number of hydrogen-bond acceptors (Lipinski definition) is 11. The van der Waals surface area contributed by atoms with Crippen LogP contribution in [-0.4, -0.2) is 121 Å². The monoisotopic (exact) mass is 1070 g/mol. The topological polar surface area (TPSA) is 181 Å². The summed E-state index contributed by atoms with van der Waals surface area (Å²) in [5.41, 5.74) is 1.52. The molecule has 8 rings (SSSR count). The van der Waals surface area contributed by atoms with Crippen molar-refractivity contribution in [3.8, 4) is 11.6 Å². The summed E-state index contributed by atoms with van der Waals surface area (Å²) in [5.74, 6) is -0.0690. The molecule has 328 valence electrons. The number of amides is 4. The summed E-state index contributed by atoms with van der Waals surface area (Å²) in [6.07, 6.45) is 10.4. The minimum atomic E-state index is -2.22. The Morgan fingerprint density at radius 1 is 1.15 bits per heavy atom. The first-order valence-corrected chi connectivity index (χ1v) is 27.2. The summed E-state index contributed by atoms with van der Waals surface area (Å²) in [6.45, 7) is 11.4. The van der Waals surface area contributed by atoms with E-state index in [9.17, 15) is 23.4 Å². The minimum absolute atomic E-state index is 0.00676. The number of alkyl halides is 3. The molecule has 15 nitrogen and oxygen atoms in total. The van der Waals surface area contributed by atoms with Crippen LogP contribution >= 0.6 is 42.4 Å². The molecule has 7 atom stereocenters. The van der Waals surface area contributed by atoms with Crippen molar-refractivity contribution in [2.24, 2.45) is 5.92 Å². The van der Waals surface area contributed by atoms with Crippen molar-refractivity contribution in [2.45, 2.75) is 134 Å². The van der Waals surface area contributed by atoms with E-state index in [1.807, 2.05) is 26.8 Å². The summed E-state index contributed by atoms with van der Waals surface area (Å²) in [4.78, 5) is 70.0. The number of nitrogens with one attached hydrogen (secondary N) is 3. The summed E-state index contributed by atoms with van der Waals surface area (Å²) >= 11 is -0.0795. The van der Waals surface area contributed by atoms with E-state index in [1.54, 1.807) is 16.5 Å². The normalized spacial score (nSPS) is 30.9. The summed E-state index contributed by atoms with van der Waals surface area (Å²) in [7, 11) is 0.518. The molecule has 0 spiro atoms. The Labute approximate surface area is 375 Å². The fraction of sp³-hybridized carbons (Fsp3) is 0.667. The van der Waals surface area contributed by atoms with Crippen molar-refractivity contribution in [2.75, 3.05) is 31.1 Å². The standard InChI is InChI=1S/C42H57I2N7O8S/c1-6-44-24-42(44,38(54)49-60(56)41(4)15-16-41)48-35(52)31-21-27-23-51(31)37(53)34(40(2,3)43)47-39(55)59-32-20-25(32)10-8-7-9-11-28-33(57-26-13-18-50(5)19-14-26)29-22-45-17-12-30(29)46-36(28)58-27/h6,12,17,22,25-27,31-32,34H,1,7-11,13-16,18-21,23-24H2,2-5H3,(H,47,55)(H,48,52)(H,49,54)/t25?,27-,31+,32?,34-,42?,60?/m1/s1. The molecule has 18 heteroatoms. The molecular weight excluding hydrogens is 1020 g/mol. The first-order valence-electron chi connectivity index (χ1n) is 21.2. The average molecular weight is 1070 g/mol. The van der Waals surface area contributed by atoms with Gasteiger partial charge in [-0.25, -0.2) is 0 Å². The molecule has 2 aromatic rings. The Morgan fingerprint density at radius 2 is 1.92 bits per heavy atom. The average Bonchev–Trinajstić information content (AvgIpc) is 4.17. The molecule has 3 saturated heterocycles. The number of ether oxygens (including phenoxy) is 3. The predicted molar refractivity (Wildman–Crippen MR) is 245 cm³/mol. The fourth-order valence-corrected chi connectivity index (χ4v) is 15.2. The van der Waals surface area contributed by atoms with Crippen LogP contribution in [0.5, 0.6) is 11.6 Å². The number of alkyl carbamates (subject to hydrolysis) is 1. The van der Waals surface area contributed by atoms with Gasteiger partial charge < -0.3 is 4.90 Å². The third kappa shape index (κ3) is 9.40. The van der Waals surface area contributed by atoms with Crippen LogP contribution in [0, 0.1) is 5.92 Å². The van der Waals surface area contributed by atoms with Gasteiger partial charge in [-0.1, -0.05) is 6.42 Å². The van der Waals surface area contributed by atoms with Gasteiger partial charge in [-0.3, -0.25) is 4.98 Å². The van der Waals surface area contributed by atoms with E-state index in [0.29, 0.717) is 22.2 Å². The van der Waals surface area contributed by atoms with Crippen LogP contribution in [0.2, 0.25) is 0 Å². The molecule has 60 heavy (non-hydrogen) atoms. The zero-order chi connectivity index (χ0) is 42.6. The van der Waals surface area contributed by atoms with E-state index in [-0.39, 0.29) is 31.1 Å². The molecule has 0 aromatic carbocycles.